The number of carboxylic acid groups (broad SMARTS) is 1. The molecule has 0 aliphatic carbocycles. The molecule has 0 radical (unpaired) electrons. The van der Waals surface area contributed by atoms with Crippen LogP contribution >= 0.6 is 11.6 Å². The van der Waals surface area contributed by atoms with Crippen LogP contribution in [0.1, 0.15) is 21.5 Å². The van der Waals surface area contributed by atoms with Gasteiger partial charge < -0.3 is 19.9 Å². The summed E-state index contributed by atoms with van der Waals surface area (Å²) in [6.07, 6.45) is 2.99. The lowest BCUT2D eigenvalue weighted by Gasteiger charge is -2.10. The minimum absolute atomic E-state index is 0.0895. The van der Waals surface area contributed by atoms with Crippen LogP contribution in [0, 0.1) is 0 Å². The van der Waals surface area contributed by atoms with Crippen LogP contribution < -0.4 is 14.8 Å². The Morgan fingerprint density at radius 2 is 1.84 bits per heavy atom. The van der Waals surface area contributed by atoms with Gasteiger partial charge in [-0.15, -0.1) is 0 Å². The number of benzene rings is 3. The molecule has 3 rings (SSSR count). The molecule has 3 aromatic carbocycles. The predicted octanol–water partition coefficient (Wildman–Crippen LogP) is 5.28. The number of nitrogens with one attached hydrogen (secondary N) is 1. The van der Waals surface area contributed by atoms with Gasteiger partial charge in [0, 0.05) is 12.1 Å². The number of rotatable bonds is 8. The summed E-state index contributed by atoms with van der Waals surface area (Å²) in [5, 5.41) is 11.9. The van der Waals surface area contributed by atoms with Crippen molar-refractivity contribution in [3.8, 4) is 11.5 Å². The van der Waals surface area contributed by atoms with Crippen LogP contribution in [0.15, 0.2) is 72.8 Å². The van der Waals surface area contributed by atoms with Crippen LogP contribution in [0.25, 0.3) is 6.08 Å². The molecule has 7 heteroatoms. The first kappa shape index (κ1) is 21.9. The fraction of sp³-hybridized carbons (Fsp3) is 0.0833. The molecule has 2 N–H and O–H groups in total. The molecule has 6 nitrogen and oxygen atoms in total. The van der Waals surface area contributed by atoms with Gasteiger partial charge in [0.1, 0.15) is 23.7 Å². The van der Waals surface area contributed by atoms with Crippen molar-refractivity contribution in [2.75, 3.05) is 12.4 Å². The molecule has 0 saturated heterocycles. The van der Waals surface area contributed by atoms with E-state index in [2.05, 4.69) is 5.32 Å². The Kier molecular flexibility index (Phi) is 7.30. The molecular weight excluding hydrogens is 418 g/mol. The molecule has 0 heterocycles. The lowest BCUT2D eigenvalue weighted by molar-refractivity contribution is -0.111. The zero-order valence-corrected chi connectivity index (χ0v) is 17.4. The smallest absolute Gasteiger partial charge is 0.339 e. The van der Waals surface area contributed by atoms with Crippen molar-refractivity contribution in [1.82, 2.24) is 0 Å². The summed E-state index contributed by atoms with van der Waals surface area (Å²) in [7, 11) is 1.34. The van der Waals surface area contributed by atoms with E-state index in [0.717, 1.165) is 11.1 Å². The summed E-state index contributed by atoms with van der Waals surface area (Å²) in [5.74, 6) is -0.823. The van der Waals surface area contributed by atoms with Gasteiger partial charge in [-0.3, -0.25) is 4.79 Å². The molecule has 0 saturated carbocycles. The van der Waals surface area contributed by atoms with E-state index < -0.39 is 11.9 Å². The van der Waals surface area contributed by atoms with Gasteiger partial charge in [0.25, 0.3) is 0 Å². The number of carboxylic acids is 1. The Balaban J connectivity index is 1.65. The topological polar surface area (TPSA) is 84.9 Å². The van der Waals surface area contributed by atoms with Crippen molar-refractivity contribution in [1.29, 1.82) is 0 Å². The summed E-state index contributed by atoms with van der Waals surface area (Å²) in [5.41, 5.74) is 2.00. The number of methoxy groups -OCH3 is 1. The molecule has 0 aromatic heterocycles. The van der Waals surface area contributed by atoms with Crippen LogP contribution in [-0.4, -0.2) is 24.1 Å². The maximum Gasteiger partial charge on any atom is 0.339 e. The highest BCUT2D eigenvalue weighted by molar-refractivity contribution is 6.34. The zero-order chi connectivity index (χ0) is 22.2. The normalized spacial score (nSPS) is 10.6. The predicted molar refractivity (Wildman–Crippen MR) is 120 cm³/mol. The molecule has 3 aromatic rings. The van der Waals surface area contributed by atoms with E-state index in [4.69, 9.17) is 21.1 Å². The SMILES string of the molecule is COc1cc(NC(=O)/C=C/c2cccc(OCc3ccccc3)c2)c(Cl)cc1C(=O)O. The van der Waals surface area contributed by atoms with Gasteiger partial charge in [-0.1, -0.05) is 54.1 Å². The van der Waals surface area contributed by atoms with Crippen molar-refractivity contribution in [2.24, 2.45) is 0 Å². The highest BCUT2D eigenvalue weighted by atomic mass is 35.5. The third-order valence-corrected chi connectivity index (χ3v) is 4.62. The third-order valence-electron chi connectivity index (χ3n) is 4.31. The van der Waals surface area contributed by atoms with Crippen molar-refractivity contribution >= 4 is 35.2 Å². The number of hydrogen-bond acceptors (Lipinski definition) is 4. The summed E-state index contributed by atoms with van der Waals surface area (Å²) in [6, 6.07) is 19.8. The lowest BCUT2D eigenvalue weighted by Crippen LogP contribution is -2.09. The molecule has 0 unspecified atom stereocenters. The van der Waals surface area contributed by atoms with Gasteiger partial charge in [-0.2, -0.15) is 0 Å². The average molecular weight is 438 g/mol. The number of ether oxygens (including phenoxy) is 2. The second kappa shape index (κ2) is 10.3. The second-order valence-corrected chi connectivity index (χ2v) is 6.91. The molecule has 0 aliphatic heterocycles. The van der Waals surface area contributed by atoms with Crippen molar-refractivity contribution in [3.63, 3.8) is 0 Å². The van der Waals surface area contributed by atoms with Gasteiger partial charge in [0.2, 0.25) is 5.91 Å². The number of carbonyl (C=O) groups excluding carboxylic acids is 1. The highest BCUT2D eigenvalue weighted by Gasteiger charge is 2.15. The quantitative estimate of drug-likeness (QED) is 0.468. The highest BCUT2D eigenvalue weighted by Crippen LogP contribution is 2.31. The van der Waals surface area contributed by atoms with Gasteiger partial charge in [0.15, 0.2) is 0 Å². The van der Waals surface area contributed by atoms with Gasteiger partial charge in [0.05, 0.1) is 17.8 Å². The number of anilines is 1. The fourth-order valence-corrected chi connectivity index (χ4v) is 2.99. The molecule has 0 fully saturated rings. The van der Waals surface area contributed by atoms with Gasteiger partial charge >= 0.3 is 5.97 Å². The average Bonchev–Trinajstić information content (AvgIpc) is 2.78. The van der Waals surface area contributed by atoms with E-state index >= 15 is 0 Å². The molecule has 0 bridgehead atoms. The van der Waals surface area contributed by atoms with E-state index in [1.165, 1.54) is 25.3 Å². The molecular formula is C24H20ClNO5. The first-order valence-corrected chi connectivity index (χ1v) is 9.70. The Morgan fingerprint density at radius 3 is 2.55 bits per heavy atom. The largest absolute Gasteiger partial charge is 0.496 e. The molecule has 1 amide bonds. The number of carbonyl (C=O) groups is 2. The molecule has 0 spiro atoms. The summed E-state index contributed by atoms with van der Waals surface area (Å²) in [6.45, 7) is 0.446. The number of hydrogen-bond donors (Lipinski definition) is 2. The van der Waals surface area contributed by atoms with E-state index in [-0.39, 0.29) is 22.0 Å². The Hall–Kier alpha value is -3.77. The Morgan fingerprint density at radius 1 is 1.06 bits per heavy atom. The number of amides is 1. The van der Waals surface area contributed by atoms with Crippen molar-refractivity contribution in [2.45, 2.75) is 6.61 Å². The minimum Gasteiger partial charge on any atom is -0.496 e. The van der Waals surface area contributed by atoms with Crippen LogP contribution in [0.5, 0.6) is 11.5 Å². The lowest BCUT2D eigenvalue weighted by atomic mass is 10.1. The standard InChI is InChI=1S/C24H20ClNO5/c1-30-22-14-21(20(25)13-19(22)24(28)29)26-23(27)11-10-16-8-5-9-18(12-16)31-15-17-6-3-2-4-7-17/h2-14H,15H2,1H3,(H,26,27)(H,28,29)/b11-10+. The zero-order valence-electron chi connectivity index (χ0n) is 16.7. The fourth-order valence-electron chi connectivity index (χ4n) is 2.78. The van der Waals surface area contributed by atoms with E-state index in [0.29, 0.717) is 12.4 Å². The summed E-state index contributed by atoms with van der Waals surface area (Å²) in [4.78, 5) is 23.5. The number of aromatic carboxylic acids is 1. The Labute approximate surface area is 184 Å². The maximum absolute atomic E-state index is 12.3. The van der Waals surface area contributed by atoms with Gasteiger partial charge in [-0.05, 0) is 35.4 Å². The molecule has 158 valence electrons. The Bertz CT molecular complexity index is 1110. The van der Waals surface area contributed by atoms with Crippen molar-refractivity contribution < 1.29 is 24.2 Å². The third kappa shape index (κ3) is 6.10. The minimum atomic E-state index is -1.18. The molecule has 31 heavy (non-hydrogen) atoms. The van der Waals surface area contributed by atoms with E-state index in [1.54, 1.807) is 6.08 Å². The second-order valence-electron chi connectivity index (χ2n) is 6.51. The first-order chi connectivity index (χ1) is 15.0. The number of halogens is 1. The first-order valence-electron chi connectivity index (χ1n) is 9.33. The van der Waals surface area contributed by atoms with Crippen LogP contribution in [0.3, 0.4) is 0 Å². The summed E-state index contributed by atoms with van der Waals surface area (Å²) < 4.78 is 10.9. The molecule has 0 atom stereocenters. The van der Waals surface area contributed by atoms with Crippen molar-refractivity contribution in [3.05, 3.63) is 94.5 Å². The van der Waals surface area contributed by atoms with Crippen LogP contribution in [0.4, 0.5) is 5.69 Å². The maximum atomic E-state index is 12.3. The van der Waals surface area contributed by atoms with Gasteiger partial charge in [-0.25, -0.2) is 4.79 Å². The molecule has 0 aliphatic rings. The van der Waals surface area contributed by atoms with Crippen LogP contribution in [0.2, 0.25) is 5.02 Å². The van der Waals surface area contributed by atoms with Crippen LogP contribution in [-0.2, 0) is 11.4 Å². The van der Waals surface area contributed by atoms with E-state index in [1.807, 2.05) is 54.6 Å². The van der Waals surface area contributed by atoms with E-state index in [9.17, 15) is 14.7 Å². The monoisotopic (exact) mass is 437 g/mol. The summed E-state index contributed by atoms with van der Waals surface area (Å²) >= 11 is 6.10.